The van der Waals surface area contributed by atoms with Gasteiger partial charge in [-0.3, -0.25) is 4.79 Å². The maximum atomic E-state index is 12.0. The largest absolute Gasteiger partial charge is 0.488 e. The molecule has 2 saturated heterocycles. The van der Waals surface area contributed by atoms with Crippen molar-refractivity contribution < 1.29 is 19.4 Å². The van der Waals surface area contributed by atoms with E-state index in [0.29, 0.717) is 19.6 Å². The van der Waals surface area contributed by atoms with Gasteiger partial charge < -0.3 is 25.2 Å². The molecule has 114 valence electrons. The van der Waals surface area contributed by atoms with Crippen LogP contribution in [0.4, 0.5) is 5.69 Å². The fraction of sp³-hybridized carbons (Fsp3) is 0.533. The summed E-state index contributed by atoms with van der Waals surface area (Å²) < 4.78 is 11.0. The Morgan fingerprint density at radius 2 is 2.19 bits per heavy atom. The van der Waals surface area contributed by atoms with Gasteiger partial charge in [0.2, 0.25) is 5.91 Å². The van der Waals surface area contributed by atoms with E-state index in [0.717, 1.165) is 24.5 Å². The number of anilines is 1. The maximum Gasteiger partial charge on any atom is 0.241 e. The van der Waals surface area contributed by atoms with Gasteiger partial charge in [-0.2, -0.15) is 0 Å². The van der Waals surface area contributed by atoms with Crippen LogP contribution in [0.3, 0.4) is 0 Å². The van der Waals surface area contributed by atoms with Crippen LogP contribution in [0.15, 0.2) is 24.3 Å². The van der Waals surface area contributed by atoms with Crippen LogP contribution in [0.5, 0.6) is 5.75 Å². The summed E-state index contributed by atoms with van der Waals surface area (Å²) in [6.07, 6.45) is 1.04. The monoisotopic (exact) mass is 292 g/mol. The van der Waals surface area contributed by atoms with Crippen molar-refractivity contribution in [3.05, 3.63) is 24.3 Å². The number of aliphatic hydroxyl groups excluding tert-OH is 1. The molecule has 2 aliphatic heterocycles. The highest BCUT2D eigenvalue weighted by molar-refractivity contribution is 5.95. The second kappa shape index (κ2) is 6.43. The Kier molecular flexibility index (Phi) is 4.38. The fourth-order valence-corrected chi connectivity index (χ4v) is 2.56. The third-order valence-corrected chi connectivity index (χ3v) is 3.74. The first-order chi connectivity index (χ1) is 10.2. The summed E-state index contributed by atoms with van der Waals surface area (Å²) in [5, 5.41) is 15.2. The third-order valence-electron chi connectivity index (χ3n) is 3.74. The van der Waals surface area contributed by atoms with E-state index in [1.807, 2.05) is 24.3 Å². The van der Waals surface area contributed by atoms with Crippen molar-refractivity contribution in [3.8, 4) is 5.75 Å². The number of nitrogens with one attached hydrogen (secondary N) is 2. The summed E-state index contributed by atoms with van der Waals surface area (Å²) in [4.78, 5) is 12.0. The van der Waals surface area contributed by atoms with Gasteiger partial charge in [0, 0.05) is 18.7 Å². The zero-order valence-electron chi connectivity index (χ0n) is 11.7. The molecule has 1 amide bonds. The molecule has 2 fully saturated rings. The standard InChI is InChI=1S/C15H20N2O4/c18-11-7-14(16-8-11)15(19)17-10-1-3-12(4-2-10)21-13-5-6-20-9-13/h1-4,11,13-14,16,18H,5-9H2,(H,17,19). The summed E-state index contributed by atoms with van der Waals surface area (Å²) in [7, 11) is 0. The van der Waals surface area contributed by atoms with E-state index >= 15 is 0 Å². The molecule has 0 aliphatic carbocycles. The van der Waals surface area contributed by atoms with Gasteiger partial charge in [-0.15, -0.1) is 0 Å². The van der Waals surface area contributed by atoms with Gasteiger partial charge in [0.05, 0.1) is 25.4 Å². The molecule has 6 heteroatoms. The number of carbonyl (C=O) groups is 1. The van der Waals surface area contributed by atoms with Crippen LogP contribution >= 0.6 is 0 Å². The molecule has 21 heavy (non-hydrogen) atoms. The van der Waals surface area contributed by atoms with Crippen molar-refractivity contribution in [3.63, 3.8) is 0 Å². The van der Waals surface area contributed by atoms with E-state index in [1.165, 1.54) is 0 Å². The molecule has 0 saturated carbocycles. The first kappa shape index (κ1) is 14.3. The number of rotatable bonds is 4. The second-order valence-electron chi connectivity index (χ2n) is 5.47. The molecule has 0 radical (unpaired) electrons. The predicted molar refractivity (Wildman–Crippen MR) is 77.3 cm³/mol. The molecule has 3 rings (SSSR count). The third kappa shape index (κ3) is 3.72. The lowest BCUT2D eigenvalue weighted by Crippen LogP contribution is -2.35. The lowest BCUT2D eigenvalue weighted by atomic mass is 10.2. The van der Waals surface area contributed by atoms with Crippen molar-refractivity contribution in [2.75, 3.05) is 25.1 Å². The highest BCUT2D eigenvalue weighted by Gasteiger charge is 2.27. The number of hydrogen-bond acceptors (Lipinski definition) is 5. The van der Waals surface area contributed by atoms with Crippen molar-refractivity contribution in [2.45, 2.75) is 31.1 Å². The second-order valence-corrected chi connectivity index (χ2v) is 5.47. The van der Waals surface area contributed by atoms with E-state index in [1.54, 1.807) is 0 Å². The normalized spacial score (nSPS) is 28.5. The summed E-state index contributed by atoms with van der Waals surface area (Å²) in [5.74, 6) is 0.655. The molecule has 0 aromatic heterocycles. The van der Waals surface area contributed by atoms with Gasteiger partial charge >= 0.3 is 0 Å². The van der Waals surface area contributed by atoms with Gasteiger partial charge in [0.1, 0.15) is 11.9 Å². The lowest BCUT2D eigenvalue weighted by Gasteiger charge is -2.13. The molecule has 1 aromatic carbocycles. The van der Waals surface area contributed by atoms with Gasteiger partial charge in [-0.25, -0.2) is 0 Å². The van der Waals surface area contributed by atoms with Crippen molar-refractivity contribution in [1.29, 1.82) is 0 Å². The van der Waals surface area contributed by atoms with Crippen LogP contribution in [0, 0.1) is 0 Å². The number of hydrogen-bond donors (Lipinski definition) is 3. The van der Waals surface area contributed by atoms with E-state index in [9.17, 15) is 9.90 Å². The van der Waals surface area contributed by atoms with Crippen LogP contribution < -0.4 is 15.4 Å². The first-order valence-corrected chi connectivity index (χ1v) is 7.27. The average molecular weight is 292 g/mol. The molecule has 2 heterocycles. The fourth-order valence-electron chi connectivity index (χ4n) is 2.56. The number of ether oxygens (including phenoxy) is 2. The Balaban J connectivity index is 1.53. The van der Waals surface area contributed by atoms with Crippen molar-refractivity contribution in [2.24, 2.45) is 0 Å². The molecule has 3 atom stereocenters. The quantitative estimate of drug-likeness (QED) is 0.754. The number of benzene rings is 1. The number of β-amino-alcohol motifs (C(OH)–C–C–N with tert-alkyl or cyclic N) is 1. The smallest absolute Gasteiger partial charge is 0.241 e. The Labute approximate surface area is 123 Å². The number of amides is 1. The minimum Gasteiger partial charge on any atom is -0.488 e. The summed E-state index contributed by atoms with van der Waals surface area (Å²) >= 11 is 0. The van der Waals surface area contributed by atoms with Crippen LogP contribution in [-0.4, -0.2) is 49.0 Å². The Bertz CT molecular complexity index is 485. The lowest BCUT2D eigenvalue weighted by molar-refractivity contribution is -0.117. The molecule has 1 aromatic rings. The van der Waals surface area contributed by atoms with Gasteiger partial charge in [0.15, 0.2) is 0 Å². The SMILES string of the molecule is O=C(Nc1ccc(OC2CCOC2)cc1)C1CC(O)CN1. The Morgan fingerprint density at radius 3 is 2.81 bits per heavy atom. The highest BCUT2D eigenvalue weighted by atomic mass is 16.5. The van der Waals surface area contributed by atoms with Gasteiger partial charge in [0.25, 0.3) is 0 Å². The topological polar surface area (TPSA) is 79.8 Å². The van der Waals surface area contributed by atoms with Crippen LogP contribution in [0.2, 0.25) is 0 Å². The summed E-state index contributed by atoms with van der Waals surface area (Å²) in [5.41, 5.74) is 0.721. The molecular formula is C15H20N2O4. The first-order valence-electron chi connectivity index (χ1n) is 7.27. The molecule has 0 bridgehead atoms. The van der Waals surface area contributed by atoms with Crippen LogP contribution in [0.1, 0.15) is 12.8 Å². The summed E-state index contributed by atoms with van der Waals surface area (Å²) in [6.45, 7) is 1.85. The van der Waals surface area contributed by atoms with Crippen molar-refractivity contribution >= 4 is 11.6 Å². The minimum atomic E-state index is -0.440. The van der Waals surface area contributed by atoms with E-state index in [2.05, 4.69) is 10.6 Å². The number of aliphatic hydroxyl groups is 1. The number of carbonyl (C=O) groups excluding carboxylic acids is 1. The van der Waals surface area contributed by atoms with E-state index < -0.39 is 6.10 Å². The van der Waals surface area contributed by atoms with E-state index in [4.69, 9.17) is 9.47 Å². The minimum absolute atomic E-state index is 0.120. The van der Waals surface area contributed by atoms with Gasteiger partial charge in [-0.1, -0.05) is 0 Å². The summed E-state index contributed by atoms with van der Waals surface area (Å²) in [6, 6.07) is 6.98. The molecule has 3 N–H and O–H groups in total. The average Bonchev–Trinajstić information content (AvgIpc) is 3.12. The van der Waals surface area contributed by atoms with Gasteiger partial charge in [-0.05, 0) is 30.7 Å². The van der Waals surface area contributed by atoms with Crippen LogP contribution in [0.25, 0.3) is 0 Å². The zero-order chi connectivity index (χ0) is 14.7. The Morgan fingerprint density at radius 1 is 1.38 bits per heavy atom. The molecule has 3 unspecified atom stereocenters. The van der Waals surface area contributed by atoms with E-state index in [-0.39, 0.29) is 18.1 Å². The predicted octanol–water partition coefficient (Wildman–Crippen LogP) is 0.516. The maximum absolute atomic E-state index is 12.0. The highest BCUT2D eigenvalue weighted by Crippen LogP contribution is 2.20. The molecule has 6 nitrogen and oxygen atoms in total. The molecular weight excluding hydrogens is 272 g/mol. The van der Waals surface area contributed by atoms with Crippen molar-refractivity contribution in [1.82, 2.24) is 5.32 Å². The molecule has 2 aliphatic rings. The molecule has 0 spiro atoms. The zero-order valence-corrected chi connectivity index (χ0v) is 11.7. The van der Waals surface area contributed by atoms with Crippen LogP contribution in [-0.2, 0) is 9.53 Å². The Hall–Kier alpha value is -1.63.